The Balaban J connectivity index is 1.78. The van der Waals surface area contributed by atoms with E-state index in [1.54, 1.807) is 24.5 Å². The Morgan fingerprint density at radius 2 is 2.04 bits per heavy atom. The smallest absolute Gasteiger partial charge is 0.243 e. The highest BCUT2D eigenvalue weighted by atomic mass is 32.1. The van der Waals surface area contributed by atoms with E-state index in [0.717, 1.165) is 20.9 Å². The monoisotopic (exact) mass is 370 g/mol. The van der Waals surface area contributed by atoms with Gasteiger partial charge in [0.1, 0.15) is 16.1 Å². The second-order valence-corrected chi connectivity index (χ2v) is 7.47. The molecule has 2 heterocycles. The minimum Gasteiger partial charge on any atom is -0.354 e. The van der Waals surface area contributed by atoms with Crippen molar-refractivity contribution in [2.24, 2.45) is 0 Å². The van der Waals surface area contributed by atoms with Gasteiger partial charge in [-0.3, -0.25) is 9.59 Å². The number of ketones is 1. The molecule has 0 spiro atoms. The molecule has 0 aliphatic carbocycles. The maximum absolute atomic E-state index is 12.7. The van der Waals surface area contributed by atoms with Crippen LogP contribution in [-0.2, 0) is 11.2 Å². The molecule has 0 aliphatic heterocycles. The van der Waals surface area contributed by atoms with Crippen LogP contribution in [0.2, 0.25) is 0 Å². The van der Waals surface area contributed by atoms with Gasteiger partial charge in [-0.1, -0.05) is 25.1 Å². The van der Waals surface area contributed by atoms with Crippen molar-refractivity contribution in [1.82, 2.24) is 20.1 Å². The lowest BCUT2D eigenvalue weighted by atomic mass is 10.1. The molecule has 2 aromatic heterocycles. The highest BCUT2D eigenvalue weighted by Gasteiger charge is 2.22. The molecule has 0 fully saturated rings. The molecule has 1 aromatic carbocycles. The number of para-hydroxylation sites is 1. The number of hydrogen-bond donors (Lipinski definition) is 1. The van der Waals surface area contributed by atoms with Gasteiger partial charge in [-0.15, -0.1) is 21.5 Å². The van der Waals surface area contributed by atoms with Gasteiger partial charge in [-0.25, -0.2) is 0 Å². The number of fused-ring (bicyclic) bond motifs is 1. The summed E-state index contributed by atoms with van der Waals surface area (Å²) in [5.41, 5.74) is 1.55. The van der Waals surface area contributed by atoms with Crippen molar-refractivity contribution in [2.75, 3.05) is 6.54 Å². The average Bonchev–Trinajstić information content (AvgIpc) is 3.20. The number of rotatable bonds is 7. The van der Waals surface area contributed by atoms with E-state index in [2.05, 4.69) is 15.5 Å². The summed E-state index contributed by atoms with van der Waals surface area (Å²) in [6.07, 6.45) is 3.10. The number of aryl methyl sites for hydroxylation is 1. The molecule has 1 unspecified atom stereocenters. The molecule has 0 saturated carbocycles. The molecule has 26 heavy (non-hydrogen) atoms. The Bertz CT molecular complexity index is 944. The molecule has 1 N–H and O–H groups in total. The zero-order chi connectivity index (χ0) is 18.7. The first-order chi connectivity index (χ1) is 12.5. The lowest BCUT2D eigenvalue weighted by Crippen LogP contribution is -2.33. The molecule has 0 radical (unpaired) electrons. The number of nitrogens with one attached hydrogen (secondary N) is 1. The summed E-state index contributed by atoms with van der Waals surface area (Å²) in [6.45, 7) is 5.96. The lowest BCUT2D eigenvalue weighted by molar-refractivity contribution is -0.124. The maximum atomic E-state index is 12.7. The molecule has 3 rings (SSSR count). The molecule has 0 saturated heterocycles. The van der Waals surface area contributed by atoms with Gasteiger partial charge >= 0.3 is 0 Å². The Morgan fingerprint density at radius 3 is 2.69 bits per heavy atom. The summed E-state index contributed by atoms with van der Waals surface area (Å²) in [5.74, 6) is -0.0496. The van der Waals surface area contributed by atoms with Gasteiger partial charge in [0, 0.05) is 35.6 Å². The molecule has 6 nitrogen and oxygen atoms in total. The van der Waals surface area contributed by atoms with Gasteiger partial charge in [0.25, 0.3) is 0 Å². The topological polar surface area (TPSA) is 76.9 Å². The third kappa shape index (κ3) is 3.67. The minimum absolute atomic E-state index is 0.00171. The Labute approximate surface area is 156 Å². The zero-order valence-corrected chi connectivity index (χ0v) is 16.0. The van der Waals surface area contributed by atoms with Crippen molar-refractivity contribution in [1.29, 1.82) is 0 Å². The van der Waals surface area contributed by atoms with E-state index in [1.165, 1.54) is 0 Å². The van der Waals surface area contributed by atoms with Gasteiger partial charge in [-0.05, 0) is 26.3 Å². The standard InChI is InChI=1S/C19H22N4O2S/c1-4-16(19(25)20-10-9-18-22-21-13(3)26-18)23-11-15(12(2)24)14-7-5-6-8-17(14)23/h5-8,11,16H,4,9-10H2,1-3H3,(H,20,25). The molecule has 7 heteroatoms. The Kier molecular flexibility index (Phi) is 5.46. The van der Waals surface area contributed by atoms with Crippen molar-refractivity contribution >= 4 is 33.9 Å². The first-order valence-electron chi connectivity index (χ1n) is 8.68. The van der Waals surface area contributed by atoms with E-state index in [-0.39, 0.29) is 17.7 Å². The van der Waals surface area contributed by atoms with Crippen LogP contribution in [0.15, 0.2) is 30.5 Å². The van der Waals surface area contributed by atoms with Crippen LogP contribution in [-0.4, -0.2) is 33.0 Å². The van der Waals surface area contributed by atoms with Crippen molar-refractivity contribution in [3.05, 3.63) is 46.0 Å². The third-order valence-corrected chi connectivity index (χ3v) is 5.25. The van der Waals surface area contributed by atoms with E-state index in [4.69, 9.17) is 0 Å². The Morgan fingerprint density at radius 1 is 1.27 bits per heavy atom. The minimum atomic E-state index is -0.357. The van der Waals surface area contributed by atoms with Crippen LogP contribution >= 0.6 is 11.3 Å². The first-order valence-corrected chi connectivity index (χ1v) is 9.50. The van der Waals surface area contributed by atoms with E-state index in [1.807, 2.05) is 42.7 Å². The molecular weight excluding hydrogens is 348 g/mol. The lowest BCUT2D eigenvalue weighted by Gasteiger charge is -2.18. The average molecular weight is 370 g/mol. The van der Waals surface area contributed by atoms with Crippen LogP contribution in [0.4, 0.5) is 0 Å². The van der Waals surface area contributed by atoms with E-state index in [0.29, 0.717) is 24.9 Å². The van der Waals surface area contributed by atoms with Crippen molar-refractivity contribution < 1.29 is 9.59 Å². The molecule has 0 aliphatic rings. The highest BCUT2D eigenvalue weighted by molar-refractivity contribution is 7.11. The van der Waals surface area contributed by atoms with Crippen LogP contribution < -0.4 is 5.32 Å². The summed E-state index contributed by atoms with van der Waals surface area (Å²) in [7, 11) is 0. The summed E-state index contributed by atoms with van der Waals surface area (Å²) in [6, 6.07) is 7.34. The normalized spacial score (nSPS) is 12.3. The Hall–Kier alpha value is -2.54. The van der Waals surface area contributed by atoms with Gasteiger partial charge in [0.15, 0.2) is 5.78 Å². The van der Waals surface area contributed by atoms with Gasteiger partial charge in [0.2, 0.25) is 5.91 Å². The predicted molar refractivity (Wildman–Crippen MR) is 103 cm³/mol. The van der Waals surface area contributed by atoms with Crippen LogP contribution in [0, 0.1) is 6.92 Å². The van der Waals surface area contributed by atoms with Crippen molar-refractivity contribution in [2.45, 2.75) is 39.7 Å². The fourth-order valence-corrected chi connectivity index (χ4v) is 3.81. The number of nitrogens with zero attached hydrogens (tertiary/aromatic N) is 3. The summed E-state index contributed by atoms with van der Waals surface area (Å²) in [5, 5.41) is 13.8. The number of benzene rings is 1. The fraction of sp³-hybridized carbons (Fsp3) is 0.368. The van der Waals surface area contributed by atoms with Crippen LogP contribution in [0.1, 0.15) is 46.7 Å². The number of Topliss-reactive ketones (excluding diaryl/α,β-unsaturated/α-hetero) is 1. The van der Waals surface area contributed by atoms with E-state index < -0.39 is 0 Å². The predicted octanol–water partition coefficient (Wildman–Crippen LogP) is 3.31. The van der Waals surface area contributed by atoms with Gasteiger partial charge in [-0.2, -0.15) is 0 Å². The largest absolute Gasteiger partial charge is 0.354 e. The molecule has 1 amide bonds. The molecular formula is C19H22N4O2S. The number of aromatic nitrogens is 3. The summed E-state index contributed by atoms with van der Waals surface area (Å²) >= 11 is 1.54. The summed E-state index contributed by atoms with van der Waals surface area (Å²) in [4.78, 5) is 24.7. The number of amides is 1. The SMILES string of the molecule is CCC(C(=O)NCCc1nnc(C)s1)n1cc(C(C)=O)c2ccccc21. The second kappa shape index (κ2) is 7.78. The quantitative estimate of drug-likeness (QED) is 0.647. The molecule has 136 valence electrons. The van der Waals surface area contributed by atoms with E-state index in [9.17, 15) is 9.59 Å². The van der Waals surface area contributed by atoms with Crippen molar-refractivity contribution in [3.8, 4) is 0 Å². The van der Waals surface area contributed by atoms with Crippen LogP contribution in [0.5, 0.6) is 0 Å². The first kappa shape index (κ1) is 18.3. The zero-order valence-electron chi connectivity index (χ0n) is 15.2. The molecule has 1 atom stereocenters. The molecule has 0 bridgehead atoms. The second-order valence-electron chi connectivity index (χ2n) is 6.20. The van der Waals surface area contributed by atoms with Gasteiger partial charge in [0.05, 0.1) is 0 Å². The van der Waals surface area contributed by atoms with Crippen LogP contribution in [0.25, 0.3) is 10.9 Å². The molecule has 3 aromatic rings. The van der Waals surface area contributed by atoms with Crippen LogP contribution in [0.3, 0.4) is 0 Å². The fourth-order valence-electron chi connectivity index (χ4n) is 3.10. The third-order valence-electron chi connectivity index (χ3n) is 4.35. The number of carbonyl (C=O) groups is 2. The maximum Gasteiger partial charge on any atom is 0.243 e. The highest BCUT2D eigenvalue weighted by Crippen LogP contribution is 2.26. The number of carbonyl (C=O) groups excluding carboxylic acids is 2. The number of hydrogen-bond acceptors (Lipinski definition) is 5. The van der Waals surface area contributed by atoms with Crippen molar-refractivity contribution in [3.63, 3.8) is 0 Å². The summed E-state index contributed by atoms with van der Waals surface area (Å²) < 4.78 is 1.91. The van der Waals surface area contributed by atoms with Gasteiger partial charge < -0.3 is 9.88 Å². The van der Waals surface area contributed by atoms with E-state index >= 15 is 0 Å².